The van der Waals surface area contributed by atoms with Gasteiger partial charge in [-0.2, -0.15) is 0 Å². The highest BCUT2D eigenvalue weighted by Gasteiger charge is 2.25. The van der Waals surface area contributed by atoms with E-state index in [1.54, 1.807) is 0 Å². The molecule has 0 saturated carbocycles. The largest absolute Gasteiger partial charge is 0.394 e. The molecule has 0 heterocycles. The summed E-state index contributed by atoms with van der Waals surface area (Å²) in [5.74, 6) is 0.715. The first-order chi connectivity index (χ1) is 7.19. The van der Waals surface area contributed by atoms with E-state index in [9.17, 15) is 0 Å². The highest BCUT2D eigenvalue weighted by atomic mass is 16.3. The standard InChI is InChI=1S/C13H30N2O/c1-10(2)7-11(3)15(6)12(4)8-13(5,14)9-16/h10-12,16H,7-9,14H2,1-6H3. The average Bonchev–Trinajstić information content (AvgIpc) is 2.14. The number of nitrogens with zero attached hydrogens (tertiary/aromatic N) is 1. The van der Waals surface area contributed by atoms with Crippen LogP contribution >= 0.6 is 0 Å². The van der Waals surface area contributed by atoms with Gasteiger partial charge in [-0.1, -0.05) is 13.8 Å². The maximum atomic E-state index is 9.17. The van der Waals surface area contributed by atoms with E-state index in [-0.39, 0.29) is 6.61 Å². The first kappa shape index (κ1) is 15.9. The number of hydrogen-bond donors (Lipinski definition) is 2. The molecule has 0 aromatic heterocycles. The molecule has 0 radical (unpaired) electrons. The molecule has 16 heavy (non-hydrogen) atoms. The summed E-state index contributed by atoms with van der Waals surface area (Å²) in [5, 5.41) is 9.17. The molecule has 0 saturated heterocycles. The molecule has 0 aliphatic rings. The number of aliphatic hydroxyl groups is 1. The number of aliphatic hydroxyl groups excluding tert-OH is 1. The summed E-state index contributed by atoms with van der Waals surface area (Å²) < 4.78 is 0. The van der Waals surface area contributed by atoms with Gasteiger partial charge >= 0.3 is 0 Å². The fourth-order valence-corrected chi connectivity index (χ4v) is 2.17. The minimum Gasteiger partial charge on any atom is -0.394 e. The lowest BCUT2D eigenvalue weighted by atomic mass is 9.94. The van der Waals surface area contributed by atoms with Crippen LogP contribution in [0, 0.1) is 5.92 Å². The van der Waals surface area contributed by atoms with Crippen molar-refractivity contribution >= 4 is 0 Å². The smallest absolute Gasteiger partial charge is 0.0609 e. The molecule has 3 N–H and O–H groups in total. The summed E-state index contributed by atoms with van der Waals surface area (Å²) in [5.41, 5.74) is 5.51. The van der Waals surface area contributed by atoms with E-state index in [0.29, 0.717) is 18.0 Å². The molecular weight excluding hydrogens is 200 g/mol. The van der Waals surface area contributed by atoms with Crippen molar-refractivity contribution in [3.05, 3.63) is 0 Å². The Kier molecular flexibility index (Phi) is 6.53. The van der Waals surface area contributed by atoms with E-state index in [1.807, 2.05) is 6.92 Å². The molecule has 98 valence electrons. The van der Waals surface area contributed by atoms with Gasteiger partial charge in [-0.3, -0.25) is 0 Å². The third-order valence-corrected chi connectivity index (χ3v) is 3.33. The lowest BCUT2D eigenvalue weighted by Gasteiger charge is -2.36. The molecule has 0 aromatic carbocycles. The second-order valence-corrected chi connectivity index (χ2v) is 6.01. The van der Waals surface area contributed by atoms with Gasteiger partial charge in [-0.25, -0.2) is 0 Å². The van der Waals surface area contributed by atoms with E-state index >= 15 is 0 Å². The normalized spacial score (nSPS) is 19.9. The van der Waals surface area contributed by atoms with Crippen molar-refractivity contribution in [2.45, 2.75) is 65.1 Å². The van der Waals surface area contributed by atoms with Crippen molar-refractivity contribution < 1.29 is 5.11 Å². The first-order valence-electron chi connectivity index (χ1n) is 6.31. The third-order valence-electron chi connectivity index (χ3n) is 3.33. The van der Waals surface area contributed by atoms with Gasteiger partial charge in [0.2, 0.25) is 0 Å². The van der Waals surface area contributed by atoms with Crippen molar-refractivity contribution in [2.75, 3.05) is 13.7 Å². The van der Waals surface area contributed by atoms with Crippen LogP contribution in [0.15, 0.2) is 0 Å². The van der Waals surface area contributed by atoms with Gasteiger partial charge in [0.05, 0.1) is 6.61 Å². The van der Waals surface area contributed by atoms with E-state index in [0.717, 1.165) is 6.42 Å². The molecule has 3 unspecified atom stereocenters. The van der Waals surface area contributed by atoms with E-state index in [4.69, 9.17) is 10.8 Å². The Balaban J connectivity index is 4.22. The lowest BCUT2D eigenvalue weighted by molar-refractivity contribution is 0.122. The topological polar surface area (TPSA) is 49.5 Å². The average molecular weight is 230 g/mol. The lowest BCUT2D eigenvalue weighted by Crippen LogP contribution is -2.48. The molecule has 0 fully saturated rings. The maximum Gasteiger partial charge on any atom is 0.0609 e. The first-order valence-corrected chi connectivity index (χ1v) is 6.31. The summed E-state index contributed by atoms with van der Waals surface area (Å²) >= 11 is 0. The van der Waals surface area contributed by atoms with Crippen molar-refractivity contribution in [1.29, 1.82) is 0 Å². The zero-order valence-corrected chi connectivity index (χ0v) is 11.8. The number of hydrogen-bond acceptors (Lipinski definition) is 3. The fraction of sp³-hybridized carbons (Fsp3) is 1.00. The van der Waals surface area contributed by atoms with Crippen LogP contribution in [0.25, 0.3) is 0 Å². The monoisotopic (exact) mass is 230 g/mol. The van der Waals surface area contributed by atoms with Crippen LogP contribution in [0.1, 0.15) is 47.5 Å². The van der Waals surface area contributed by atoms with Crippen molar-refractivity contribution in [1.82, 2.24) is 4.90 Å². The molecule has 0 spiro atoms. The Hall–Kier alpha value is -0.120. The molecule has 0 rings (SSSR count). The van der Waals surface area contributed by atoms with Crippen LogP contribution in [-0.2, 0) is 0 Å². The van der Waals surface area contributed by atoms with Crippen LogP contribution in [0.5, 0.6) is 0 Å². The third kappa shape index (κ3) is 5.83. The quantitative estimate of drug-likeness (QED) is 0.701. The van der Waals surface area contributed by atoms with Crippen LogP contribution in [0.3, 0.4) is 0 Å². The Morgan fingerprint density at radius 1 is 1.19 bits per heavy atom. The van der Waals surface area contributed by atoms with Gasteiger partial charge in [0, 0.05) is 17.6 Å². The van der Waals surface area contributed by atoms with Crippen molar-refractivity contribution in [3.63, 3.8) is 0 Å². The summed E-state index contributed by atoms with van der Waals surface area (Å²) in [6.45, 7) is 10.9. The highest BCUT2D eigenvalue weighted by molar-refractivity contribution is 4.84. The van der Waals surface area contributed by atoms with Crippen molar-refractivity contribution in [3.8, 4) is 0 Å². The van der Waals surface area contributed by atoms with Crippen molar-refractivity contribution in [2.24, 2.45) is 11.7 Å². The Morgan fingerprint density at radius 3 is 2.06 bits per heavy atom. The second kappa shape index (κ2) is 6.58. The predicted octanol–water partition coefficient (Wildman–Crippen LogP) is 1.84. The molecule has 0 aliphatic carbocycles. The maximum absolute atomic E-state index is 9.17. The molecule has 3 nitrogen and oxygen atoms in total. The van der Waals surface area contributed by atoms with Gasteiger partial charge in [0.1, 0.15) is 0 Å². The Labute approximate surface area is 101 Å². The molecule has 3 atom stereocenters. The van der Waals surface area contributed by atoms with Gasteiger partial charge in [0.25, 0.3) is 0 Å². The summed E-state index contributed by atoms with van der Waals surface area (Å²) in [7, 11) is 2.14. The Bertz CT molecular complexity index is 192. The van der Waals surface area contributed by atoms with E-state index in [2.05, 4.69) is 39.6 Å². The molecule has 0 bridgehead atoms. The Morgan fingerprint density at radius 2 is 1.69 bits per heavy atom. The van der Waals surface area contributed by atoms with Crippen LogP contribution in [-0.4, -0.2) is 41.3 Å². The number of nitrogens with two attached hydrogens (primary N) is 1. The highest BCUT2D eigenvalue weighted by Crippen LogP contribution is 2.17. The minimum absolute atomic E-state index is 0.0454. The van der Waals surface area contributed by atoms with Crippen LogP contribution in [0.2, 0.25) is 0 Å². The number of rotatable bonds is 7. The van der Waals surface area contributed by atoms with Crippen LogP contribution in [0.4, 0.5) is 0 Å². The predicted molar refractivity (Wildman–Crippen MR) is 70.4 cm³/mol. The fourth-order valence-electron chi connectivity index (χ4n) is 2.17. The summed E-state index contributed by atoms with van der Waals surface area (Å²) in [6.07, 6.45) is 2.02. The van der Waals surface area contributed by atoms with Gasteiger partial charge in [0.15, 0.2) is 0 Å². The molecule has 3 heteroatoms. The molecule has 0 aliphatic heterocycles. The minimum atomic E-state index is -0.467. The second-order valence-electron chi connectivity index (χ2n) is 6.01. The zero-order chi connectivity index (χ0) is 12.9. The molecule has 0 aromatic rings. The van der Waals surface area contributed by atoms with E-state index < -0.39 is 5.54 Å². The van der Waals surface area contributed by atoms with Gasteiger partial charge in [-0.15, -0.1) is 0 Å². The van der Waals surface area contributed by atoms with Gasteiger partial charge in [-0.05, 0) is 46.6 Å². The zero-order valence-electron chi connectivity index (χ0n) is 11.8. The summed E-state index contributed by atoms with van der Waals surface area (Å²) in [4.78, 5) is 2.36. The van der Waals surface area contributed by atoms with E-state index in [1.165, 1.54) is 6.42 Å². The van der Waals surface area contributed by atoms with Crippen LogP contribution < -0.4 is 5.73 Å². The molecule has 0 amide bonds. The SMILES string of the molecule is CC(C)CC(C)N(C)C(C)CC(C)(N)CO. The van der Waals surface area contributed by atoms with Gasteiger partial charge < -0.3 is 15.7 Å². The summed E-state index contributed by atoms with van der Waals surface area (Å²) in [6, 6.07) is 0.959. The molecular formula is C13H30N2O.